The van der Waals surface area contributed by atoms with Crippen LogP contribution in [0.3, 0.4) is 0 Å². The van der Waals surface area contributed by atoms with E-state index in [1.165, 1.54) is 23.1 Å². The summed E-state index contributed by atoms with van der Waals surface area (Å²) < 4.78 is 5.55. The minimum atomic E-state index is -0.674. The molecule has 5 rings (SSSR count). The van der Waals surface area contributed by atoms with Gasteiger partial charge in [0, 0.05) is 41.5 Å². The maximum absolute atomic E-state index is 13.5. The minimum Gasteiger partial charge on any atom is -0.496 e. The molecule has 0 atom stereocenters. The summed E-state index contributed by atoms with van der Waals surface area (Å²) in [5.74, 6) is -0.158. The largest absolute Gasteiger partial charge is 0.496 e. The van der Waals surface area contributed by atoms with Crippen LogP contribution in [0.4, 0.5) is 17.1 Å². The lowest BCUT2D eigenvalue weighted by Crippen LogP contribution is -2.54. The summed E-state index contributed by atoms with van der Waals surface area (Å²) in [6.07, 6.45) is 3.08. The van der Waals surface area contributed by atoms with Crippen LogP contribution in [0.15, 0.2) is 72.3 Å². The third kappa shape index (κ3) is 5.41. The van der Waals surface area contributed by atoms with Gasteiger partial charge in [0.2, 0.25) is 0 Å². The van der Waals surface area contributed by atoms with E-state index < -0.39 is 16.7 Å². The maximum atomic E-state index is 13.5. The molecule has 0 saturated carbocycles. The Morgan fingerprint density at radius 3 is 2.45 bits per heavy atom. The predicted molar refractivity (Wildman–Crippen MR) is 158 cm³/mol. The van der Waals surface area contributed by atoms with Crippen LogP contribution in [0, 0.1) is 10.1 Å². The number of nitrogens with zero attached hydrogens (tertiary/aromatic N) is 3. The Balaban J connectivity index is 1.47. The molecule has 2 heterocycles. The van der Waals surface area contributed by atoms with E-state index in [0.29, 0.717) is 41.0 Å². The maximum Gasteiger partial charge on any atom is 0.270 e. The Labute approximate surface area is 241 Å². The zero-order valence-electron chi connectivity index (χ0n) is 21.5. The van der Waals surface area contributed by atoms with Gasteiger partial charge in [-0.25, -0.2) is 0 Å². The number of benzene rings is 3. The predicted octanol–water partition coefficient (Wildman–Crippen LogP) is 5.47. The second kappa shape index (κ2) is 11.4. The van der Waals surface area contributed by atoms with Crippen LogP contribution >= 0.6 is 23.8 Å². The molecule has 1 N–H and O–H groups in total. The van der Waals surface area contributed by atoms with Crippen molar-refractivity contribution in [3.8, 4) is 5.75 Å². The number of hydrogen-bond acceptors (Lipinski definition) is 7. The van der Waals surface area contributed by atoms with Gasteiger partial charge in [-0.3, -0.25) is 29.9 Å². The summed E-state index contributed by atoms with van der Waals surface area (Å²) in [4.78, 5) is 40.9. The first-order valence-electron chi connectivity index (χ1n) is 12.6. The third-order valence-corrected chi connectivity index (χ3v) is 7.66. The molecule has 3 aromatic carbocycles. The number of para-hydroxylation sites is 1. The Morgan fingerprint density at radius 2 is 1.77 bits per heavy atom. The van der Waals surface area contributed by atoms with Crippen molar-refractivity contribution in [2.45, 2.75) is 18.8 Å². The molecule has 0 aromatic heterocycles. The first-order chi connectivity index (χ1) is 19.3. The fourth-order valence-corrected chi connectivity index (χ4v) is 5.54. The Hall–Kier alpha value is -4.28. The third-order valence-electron chi connectivity index (χ3n) is 7.12. The molecule has 0 unspecified atom stereocenters. The van der Waals surface area contributed by atoms with Gasteiger partial charge in [-0.15, -0.1) is 0 Å². The number of thiocarbonyl (C=S) groups is 1. The standard InChI is InChI=1S/C29H25ClN4O5S/c1-39-26-5-3-2-4-23(26)18-12-14-32(15-13-18)25-11-10-22(34(37)38)16-19(25)17-24-27(35)31-29(40)33(28(24)36)21-8-6-20(30)7-9-21/h2-11,16-18H,12-15H2,1H3,(H,31,35,40)/b24-17+. The SMILES string of the molecule is COc1ccccc1C1CCN(c2ccc([N+](=O)[O-])cc2/C=C2\C(=O)NC(=S)N(c3ccc(Cl)cc3)C2=O)CC1. The molecule has 204 valence electrons. The first-order valence-corrected chi connectivity index (χ1v) is 13.4. The van der Waals surface area contributed by atoms with Crippen molar-refractivity contribution in [3.63, 3.8) is 0 Å². The van der Waals surface area contributed by atoms with Gasteiger partial charge < -0.3 is 9.64 Å². The van der Waals surface area contributed by atoms with E-state index in [2.05, 4.69) is 16.3 Å². The molecule has 0 aliphatic carbocycles. The van der Waals surface area contributed by atoms with Crippen molar-refractivity contribution in [2.75, 3.05) is 30.0 Å². The van der Waals surface area contributed by atoms with E-state index in [4.69, 9.17) is 28.6 Å². The molecule has 2 saturated heterocycles. The highest BCUT2D eigenvalue weighted by molar-refractivity contribution is 7.80. The van der Waals surface area contributed by atoms with Gasteiger partial charge in [-0.1, -0.05) is 29.8 Å². The fourth-order valence-electron chi connectivity index (χ4n) is 5.13. The molecular formula is C29H25ClN4O5S. The van der Waals surface area contributed by atoms with Crippen LogP contribution in [-0.4, -0.2) is 42.0 Å². The van der Waals surface area contributed by atoms with Crippen LogP contribution < -0.4 is 19.9 Å². The number of carbonyl (C=O) groups excluding carboxylic acids is 2. The van der Waals surface area contributed by atoms with Gasteiger partial charge in [0.1, 0.15) is 11.3 Å². The van der Waals surface area contributed by atoms with Gasteiger partial charge in [0.05, 0.1) is 17.7 Å². The summed E-state index contributed by atoms with van der Waals surface area (Å²) in [6, 6.07) is 18.9. The molecule has 0 radical (unpaired) electrons. The van der Waals surface area contributed by atoms with Gasteiger partial charge in [-0.05, 0) is 79.0 Å². The highest BCUT2D eigenvalue weighted by atomic mass is 35.5. The number of piperidine rings is 1. The molecule has 0 bridgehead atoms. The minimum absolute atomic E-state index is 0.0628. The van der Waals surface area contributed by atoms with Crippen molar-refractivity contribution >= 4 is 63.9 Å². The molecule has 11 heteroatoms. The second-order valence-corrected chi connectivity index (χ2v) is 10.3. The number of anilines is 2. The fraction of sp³-hybridized carbons (Fsp3) is 0.207. The van der Waals surface area contributed by atoms with Crippen molar-refractivity contribution in [1.29, 1.82) is 0 Å². The molecule has 9 nitrogen and oxygen atoms in total. The second-order valence-electron chi connectivity index (χ2n) is 9.44. The normalized spacial score (nSPS) is 17.2. The van der Waals surface area contributed by atoms with Crippen LogP contribution in [0.1, 0.15) is 29.9 Å². The summed E-state index contributed by atoms with van der Waals surface area (Å²) in [5.41, 5.74) is 2.35. The van der Waals surface area contributed by atoms with Gasteiger partial charge in [0.25, 0.3) is 17.5 Å². The quantitative estimate of drug-likeness (QED) is 0.136. The number of non-ortho nitro benzene ring substituents is 1. The average molecular weight is 577 g/mol. The molecule has 3 aromatic rings. The van der Waals surface area contributed by atoms with Crippen molar-refractivity contribution in [3.05, 3.63) is 98.6 Å². The van der Waals surface area contributed by atoms with Gasteiger partial charge in [-0.2, -0.15) is 0 Å². The summed E-state index contributed by atoms with van der Waals surface area (Å²) in [5, 5.41) is 14.6. The zero-order valence-corrected chi connectivity index (χ0v) is 23.1. The molecule has 0 spiro atoms. The Bertz CT molecular complexity index is 1530. The highest BCUT2D eigenvalue weighted by Crippen LogP contribution is 2.37. The molecular weight excluding hydrogens is 552 g/mol. The molecule has 2 aliphatic rings. The number of nitrogens with one attached hydrogen (secondary N) is 1. The number of nitro groups is 1. The van der Waals surface area contributed by atoms with Crippen LogP contribution in [-0.2, 0) is 9.59 Å². The number of methoxy groups -OCH3 is 1. The first kappa shape index (κ1) is 27.3. The molecule has 2 aliphatic heterocycles. The molecule has 2 amide bonds. The summed E-state index contributed by atoms with van der Waals surface area (Å²) >= 11 is 11.3. The average Bonchev–Trinajstić information content (AvgIpc) is 2.96. The van der Waals surface area contributed by atoms with Gasteiger partial charge in [0.15, 0.2) is 5.11 Å². The smallest absolute Gasteiger partial charge is 0.270 e. The van der Waals surface area contributed by atoms with E-state index in [0.717, 1.165) is 24.2 Å². The zero-order chi connectivity index (χ0) is 28.4. The lowest BCUT2D eigenvalue weighted by atomic mass is 9.88. The van der Waals surface area contributed by atoms with Crippen LogP contribution in [0.25, 0.3) is 6.08 Å². The van der Waals surface area contributed by atoms with Crippen molar-refractivity contribution in [2.24, 2.45) is 0 Å². The van der Waals surface area contributed by atoms with Crippen molar-refractivity contribution < 1.29 is 19.2 Å². The number of halogens is 1. The van der Waals surface area contributed by atoms with Crippen LogP contribution in [0.2, 0.25) is 5.02 Å². The van der Waals surface area contributed by atoms with E-state index in [9.17, 15) is 19.7 Å². The lowest BCUT2D eigenvalue weighted by Gasteiger charge is -2.35. The van der Waals surface area contributed by atoms with E-state index in [1.54, 1.807) is 37.4 Å². The van der Waals surface area contributed by atoms with Crippen molar-refractivity contribution in [1.82, 2.24) is 5.32 Å². The van der Waals surface area contributed by atoms with E-state index in [-0.39, 0.29) is 16.4 Å². The number of ether oxygens (including phenoxy) is 1. The Kier molecular flexibility index (Phi) is 7.81. The number of hydrogen-bond donors (Lipinski definition) is 1. The lowest BCUT2D eigenvalue weighted by molar-refractivity contribution is -0.384. The monoisotopic (exact) mass is 576 g/mol. The number of rotatable bonds is 6. The van der Waals surface area contributed by atoms with Crippen LogP contribution in [0.5, 0.6) is 5.75 Å². The molecule has 2 fully saturated rings. The molecule has 40 heavy (non-hydrogen) atoms. The number of amides is 2. The summed E-state index contributed by atoms with van der Waals surface area (Å²) in [7, 11) is 1.66. The van der Waals surface area contributed by atoms with E-state index >= 15 is 0 Å². The number of carbonyl (C=O) groups is 2. The van der Waals surface area contributed by atoms with Gasteiger partial charge >= 0.3 is 0 Å². The topological polar surface area (TPSA) is 105 Å². The highest BCUT2D eigenvalue weighted by Gasteiger charge is 2.35. The summed E-state index contributed by atoms with van der Waals surface area (Å²) in [6.45, 7) is 1.36. The van der Waals surface area contributed by atoms with E-state index in [1.807, 2.05) is 18.2 Å². The number of nitro benzene ring substituents is 1. The Morgan fingerprint density at radius 1 is 1.07 bits per heavy atom.